The van der Waals surface area contributed by atoms with Crippen LogP contribution in [0.5, 0.6) is 0 Å². The number of fused-ring (bicyclic) bond motifs is 1. The Labute approximate surface area is 126 Å². The van der Waals surface area contributed by atoms with Gasteiger partial charge in [0.1, 0.15) is 0 Å². The van der Waals surface area contributed by atoms with Crippen LogP contribution in [0.25, 0.3) is 16.8 Å². The van der Waals surface area contributed by atoms with E-state index in [9.17, 15) is 14.9 Å². The molecule has 6 heteroatoms. The van der Waals surface area contributed by atoms with E-state index in [4.69, 9.17) is 0 Å². The molecule has 0 aliphatic carbocycles. The van der Waals surface area contributed by atoms with Crippen LogP contribution in [-0.4, -0.2) is 16.4 Å². The Balaban J connectivity index is 2.16. The van der Waals surface area contributed by atoms with Crippen LogP contribution < -0.4 is 10.9 Å². The lowest BCUT2D eigenvalue weighted by atomic mass is 9.92. The molecule has 2 aromatic carbocycles. The zero-order valence-electron chi connectivity index (χ0n) is 12.2. The number of amides is 1. The van der Waals surface area contributed by atoms with Crippen LogP contribution in [0.4, 0.5) is 5.69 Å². The third-order valence-electron chi connectivity index (χ3n) is 3.81. The van der Waals surface area contributed by atoms with Gasteiger partial charge in [-0.2, -0.15) is 0 Å². The summed E-state index contributed by atoms with van der Waals surface area (Å²) in [4.78, 5) is 22.4. The molecule has 22 heavy (non-hydrogen) atoms. The summed E-state index contributed by atoms with van der Waals surface area (Å²) in [7, 11) is 0. The molecular weight excluding hydrogens is 282 g/mol. The lowest BCUT2D eigenvalue weighted by Crippen LogP contribution is -2.38. The van der Waals surface area contributed by atoms with Crippen LogP contribution in [0, 0.1) is 10.1 Å². The van der Waals surface area contributed by atoms with E-state index in [-0.39, 0.29) is 11.6 Å². The van der Waals surface area contributed by atoms with Crippen molar-refractivity contribution in [1.29, 1.82) is 0 Å². The fraction of sp³-hybridized carbons (Fsp3) is 0.188. The number of benzene rings is 2. The van der Waals surface area contributed by atoms with E-state index >= 15 is 0 Å². The van der Waals surface area contributed by atoms with Crippen LogP contribution in [0.1, 0.15) is 19.4 Å². The Bertz CT molecular complexity index is 824. The minimum atomic E-state index is -0.472. The Kier molecular flexibility index (Phi) is 3.18. The zero-order valence-corrected chi connectivity index (χ0v) is 12.2. The van der Waals surface area contributed by atoms with Crippen molar-refractivity contribution in [3.63, 3.8) is 0 Å². The maximum Gasteiger partial charge on any atom is 0.270 e. The number of hydrogen-bond donors (Lipinski definition) is 2. The van der Waals surface area contributed by atoms with Crippen LogP contribution >= 0.6 is 0 Å². The maximum atomic E-state index is 11.9. The second-order valence-electron chi connectivity index (χ2n) is 5.77. The van der Waals surface area contributed by atoms with Gasteiger partial charge >= 0.3 is 0 Å². The molecule has 1 aliphatic rings. The molecule has 1 aliphatic heterocycles. The average molecular weight is 297 g/mol. The summed E-state index contributed by atoms with van der Waals surface area (Å²) < 4.78 is 0. The molecule has 3 rings (SSSR count). The quantitative estimate of drug-likeness (QED) is 0.507. The largest absolute Gasteiger partial charge is 0.287 e. The highest BCUT2D eigenvalue weighted by Gasteiger charge is 2.34. The Hall–Kier alpha value is -2.73. The third kappa shape index (κ3) is 2.33. The second kappa shape index (κ2) is 4.92. The first kappa shape index (κ1) is 14.2. The molecule has 1 fully saturated rings. The van der Waals surface area contributed by atoms with Gasteiger partial charge in [0, 0.05) is 17.7 Å². The molecule has 0 saturated carbocycles. The Morgan fingerprint density at radius 1 is 1.23 bits per heavy atom. The zero-order chi connectivity index (χ0) is 15.9. The van der Waals surface area contributed by atoms with Gasteiger partial charge in [-0.25, -0.2) is 5.43 Å². The smallest absolute Gasteiger partial charge is 0.270 e. The molecule has 112 valence electrons. The number of nitrogens with zero attached hydrogens (tertiary/aromatic N) is 1. The van der Waals surface area contributed by atoms with Gasteiger partial charge in [-0.15, -0.1) is 0 Å². The number of hydrogen-bond acceptors (Lipinski definition) is 4. The van der Waals surface area contributed by atoms with Crippen molar-refractivity contribution in [3.05, 3.63) is 57.6 Å². The predicted molar refractivity (Wildman–Crippen MR) is 83.9 cm³/mol. The van der Waals surface area contributed by atoms with Gasteiger partial charge < -0.3 is 0 Å². The highest BCUT2D eigenvalue weighted by Crippen LogP contribution is 2.28. The van der Waals surface area contributed by atoms with Crippen molar-refractivity contribution in [3.8, 4) is 0 Å². The molecule has 1 amide bonds. The van der Waals surface area contributed by atoms with E-state index in [1.807, 2.05) is 38.1 Å². The van der Waals surface area contributed by atoms with E-state index < -0.39 is 10.5 Å². The van der Waals surface area contributed by atoms with Crippen molar-refractivity contribution in [1.82, 2.24) is 10.9 Å². The minimum Gasteiger partial charge on any atom is -0.287 e. The number of nitro groups is 1. The maximum absolute atomic E-state index is 11.9. The fourth-order valence-electron chi connectivity index (χ4n) is 2.57. The number of nitrogens with one attached hydrogen (secondary N) is 2. The number of carbonyl (C=O) groups is 1. The molecule has 0 spiro atoms. The summed E-state index contributed by atoms with van der Waals surface area (Å²) in [5.41, 5.74) is 6.60. The van der Waals surface area contributed by atoms with Crippen LogP contribution in [-0.2, 0) is 4.79 Å². The van der Waals surface area contributed by atoms with Crippen molar-refractivity contribution in [2.45, 2.75) is 19.4 Å². The number of carbonyl (C=O) groups excluding carboxylic acids is 1. The van der Waals surface area contributed by atoms with Gasteiger partial charge in [0.05, 0.1) is 10.5 Å². The minimum absolute atomic E-state index is 0.0536. The number of hydrazine groups is 1. The number of non-ortho nitro benzene ring substituents is 1. The van der Waals surface area contributed by atoms with Gasteiger partial charge in [-0.1, -0.05) is 18.2 Å². The van der Waals surface area contributed by atoms with E-state index in [0.29, 0.717) is 5.57 Å². The van der Waals surface area contributed by atoms with Crippen molar-refractivity contribution < 1.29 is 9.72 Å². The first-order valence-corrected chi connectivity index (χ1v) is 6.85. The summed E-state index contributed by atoms with van der Waals surface area (Å²) in [6, 6.07) is 10.3. The van der Waals surface area contributed by atoms with Gasteiger partial charge in [-0.05, 0) is 42.3 Å². The average Bonchev–Trinajstić information content (AvgIpc) is 2.73. The van der Waals surface area contributed by atoms with Crippen molar-refractivity contribution in [2.24, 2.45) is 0 Å². The van der Waals surface area contributed by atoms with E-state index in [2.05, 4.69) is 10.9 Å². The SMILES string of the molecule is CC1(C)NNC(=O)/C1=C\c1cccc2cc([N+](=O)[O-])ccc12. The van der Waals surface area contributed by atoms with E-state index in [1.165, 1.54) is 12.1 Å². The predicted octanol–water partition coefficient (Wildman–Crippen LogP) is 2.54. The molecule has 0 atom stereocenters. The van der Waals surface area contributed by atoms with Crippen molar-refractivity contribution >= 4 is 28.4 Å². The molecule has 6 nitrogen and oxygen atoms in total. The van der Waals surface area contributed by atoms with Crippen LogP contribution in [0.2, 0.25) is 0 Å². The molecule has 0 bridgehead atoms. The number of nitro benzene ring substituents is 1. The molecule has 0 aromatic heterocycles. The number of rotatable bonds is 2. The summed E-state index contributed by atoms with van der Waals surface area (Å²) >= 11 is 0. The first-order valence-electron chi connectivity index (χ1n) is 6.85. The molecule has 2 aromatic rings. The topological polar surface area (TPSA) is 84.3 Å². The summed E-state index contributed by atoms with van der Waals surface area (Å²) in [6.07, 6.45) is 1.82. The van der Waals surface area contributed by atoms with Crippen LogP contribution in [0.3, 0.4) is 0 Å². The fourth-order valence-corrected chi connectivity index (χ4v) is 2.57. The van der Waals surface area contributed by atoms with Crippen LogP contribution in [0.15, 0.2) is 42.0 Å². The molecular formula is C16H15N3O3. The second-order valence-corrected chi connectivity index (χ2v) is 5.77. The van der Waals surface area contributed by atoms with Gasteiger partial charge in [0.25, 0.3) is 11.6 Å². The molecule has 1 heterocycles. The summed E-state index contributed by atoms with van der Waals surface area (Å²) in [5, 5.41) is 12.5. The van der Waals surface area contributed by atoms with Gasteiger partial charge in [-0.3, -0.25) is 20.3 Å². The van der Waals surface area contributed by atoms with Crippen molar-refractivity contribution in [2.75, 3.05) is 0 Å². The highest BCUT2D eigenvalue weighted by atomic mass is 16.6. The monoisotopic (exact) mass is 297 g/mol. The van der Waals surface area contributed by atoms with Gasteiger partial charge in [0.15, 0.2) is 0 Å². The molecule has 0 radical (unpaired) electrons. The van der Waals surface area contributed by atoms with E-state index in [0.717, 1.165) is 16.3 Å². The van der Waals surface area contributed by atoms with Gasteiger partial charge in [0.2, 0.25) is 0 Å². The Morgan fingerprint density at radius 3 is 2.64 bits per heavy atom. The van der Waals surface area contributed by atoms with E-state index in [1.54, 1.807) is 6.07 Å². The molecule has 1 saturated heterocycles. The first-order chi connectivity index (χ1) is 10.4. The third-order valence-corrected chi connectivity index (χ3v) is 3.81. The molecule has 2 N–H and O–H groups in total. The summed E-state index contributed by atoms with van der Waals surface area (Å²) in [5.74, 6) is -0.163. The lowest BCUT2D eigenvalue weighted by molar-refractivity contribution is -0.384. The Morgan fingerprint density at radius 2 is 2.00 bits per heavy atom. The standard InChI is InChI=1S/C16H15N3O3/c1-16(2)14(15(20)17-18-16)9-11-5-3-4-10-8-12(19(21)22)6-7-13(10)11/h3-9,18H,1-2H3,(H,17,20)/b14-9+. The lowest BCUT2D eigenvalue weighted by Gasteiger charge is -2.17. The molecule has 0 unspecified atom stereocenters. The summed E-state index contributed by atoms with van der Waals surface area (Å²) in [6.45, 7) is 3.82. The highest BCUT2D eigenvalue weighted by molar-refractivity contribution is 6.04. The normalized spacial score (nSPS) is 18.6.